The number of hydrogen-bond acceptors (Lipinski definition) is 3. The van der Waals surface area contributed by atoms with Crippen molar-refractivity contribution in [2.24, 2.45) is 5.92 Å². The SMILES string of the molecule is CN1CCC(CN(C)CC(C)(C)c2ccc(N)cc2)CC1. The number of likely N-dealkylation sites (tertiary alicyclic amines) is 1. The average Bonchev–Trinajstić information content (AvgIpc) is 2.41. The molecule has 0 atom stereocenters. The molecule has 1 aromatic carbocycles. The maximum Gasteiger partial charge on any atom is 0.0314 e. The molecule has 118 valence electrons. The minimum absolute atomic E-state index is 0.161. The van der Waals surface area contributed by atoms with E-state index in [0.29, 0.717) is 0 Å². The van der Waals surface area contributed by atoms with Crippen LogP contribution in [-0.2, 0) is 5.41 Å². The molecule has 1 fully saturated rings. The fourth-order valence-corrected chi connectivity index (χ4v) is 3.45. The average molecular weight is 289 g/mol. The molecule has 2 N–H and O–H groups in total. The van der Waals surface area contributed by atoms with Gasteiger partial charge >= 0.3 is 0 Å². The molecule has 0 saturated carbocycles. The fourth-order valence-electron chi connectivity index (χ4n) is 3.45. The molecule has 0 aliphatic carbocycles. The van der Waals surface area contributed by atoms with Gasteiger partial charge in [0.15, 0.2) is 0 Å². The van der Waals surface area contributed by atoms with Crippen molar-refractivity contribution in [1.82, 2.24) is 9.80 Å². The number of nitrogens with zero attached hydrogens (tertiary/aromatic N) is 2. The third kappa shape index (κ3) is 4.72. The summed E-state index contributed by atoms with van der Waals surface area (Å²) in [6.07, 6.45) is 2.67. The monoisotopic (exact) mass is 289 g/mol. The summed E-state index contributed by atoms with van der Waals surface area (Å²) in [4.78, 5) is 4.95. The molecule has 0 amide bonds. The van der Waals surface area contributed by atoms with Crippen molar-refractivity contribution in [3.63, 3.8) is 0 Å². The molecule has 0 bridgehead atoms. The second-order valence-electron chi connectivity index (χ2n) is 7.45. The van der Waals surface area contributed by atoms with E-state index in [9.17, 15) is 0 Å². The molecule has 1 aromatic rings. The Bertz CT molecular complexity index is 430. The van der Waals surface area contributed by atoms with E-state index in [4.69, 9.17) is 5.73 Å². The van der Waals surface area contributed by atoms with Crippen LogP contribution in [0.15, 0.2) is 24.3 Å². The van der Waals surface area contributed by atoms with Gasteiger partial charge in [0.1, 0.15) is 0 Å². The van der Waals surface area contributed by atoms with Gasteiger partial charge in [-0.3, -0.25) is 0 Å². The predicted octanol–water partition coefficient (Wildman–Crippen LogP) is 2.82. The zero-order valence-corrected chi connectivity index (χ0v) is 14.1. The van der Waals surface area contributed by atoms with Gasteiger partial charge < -0.3 is 15.5 Å². The molecular weight excluding hydrogens is 258 g/mol. The molecule has 1 aliphatic heterocycles. The van der Waals surface area contributed by atoms with Crippen molar-refractivity contribution < 1.29 is 0 Å². The molecule has 2 rings (SSSR count). The van der Waals surface area contributed by atoms with Gasteiger partial charge in [0.05, 0.1) is 0 Å². The standard InChI is InChI=1S/C18H31N3/c1-18(2,16-5-7-17(19)8-6-16)14-21(4)13-15-9-11-20(3)12-10-15/h5-8,15H,9-14,19H2,1-4H3. The highest BCUT2D eigenvalue weighted by atomic mass is 15.1. The lowest BCUT2D eigenvalue weighted by atomic mass is 9.83. The molecule has 21 heavy (non-hydrogen) atoms. The number of piperidine rings is 1. The number of nitrogens with two attached hydrogens (primary N) is 1. The van der Waals surface area contributed by atoms with Crippen LogP contribution >= 0.6 is 0 Å². The van der Waals surface area contributed by atoms with E-state index >= 15 is 0 Å². The lowest BCUT2D eigenvalue weighted by Gasteiger charge is -2.35. The van der Waals surface area contributed by atoms with Gasteiger partial charge in [0.2, 0.25) is 0 Å². The summed E-state index contributed by atoms with van der Waals surface area (Å²) >= 11 is 0. The van der Waals surface area contributed by atoms with E-state index in [-0.39, 0.29) is 5.41 Å². The number of benzene rings is 1. The number of hydrogen-bond donors (Lipinski definition) is 1. The lowest BCUT2D eigenvalue weighted by Crippen LogP contribution is -2.40. The Hall–Kier alpha value is -1.06. The summed E-state index contributed by atoms with van der Waals surface area (Å²) in [6.45, 7) is 9.45. The normalized spacial score (nSPS) is 18.3. The molecule has 0 unspecified atom stereocenters. The summed E-state index contributed by atoms with van der Waals surface area (Å²) in [5.74, 6) is 0.855. The Balaban J connectivity index is 1.88. The zero-order chi connectivity index (χ0) is 15.5. The molecule has 1 aliphatic rings. The summed E-state index contributed by atoms with van der Waals surface area (Å²) < 4.78 is 0. The molecule has 3 heteroatoms. The zero-order valence-electron chi connectivity index (χ0n) is 14.1. The van der Waals surface area contributed by atoms with Crippen LogP contribution in [0.2, 0.25) is 0 Å². The highest BCUT2D eigenvalue weighted by Crippen LogP contribution is 2.26. The highest BCUT2D eigenvalue weighted by molar-refractivity contribution is 5.41. The Morgan fingerprint density at radius 2 is 1.76 bits per heavy atom. The number of nitrogen functional groups attached to an aromatic ring is 1. The topological polar surface area (TPSA) is 32.5 Å². The first-order valence-corrected chi connectivity index (χ1v) is 8.10. The first kappa shape index (κ1) is 16.3. The molecule has 0 radical (unpaired) electrons. The Labute approximate surface area is 130 Å². The van der Waals surface area contributed by atoms with E-state index < -0.39 is 0 Å². The largest absolute Gasteiger partial charge is 0.399 e. The van der Waals surface area contributed by atoms with Crippen molar-refractivity contribution in [3.8, 4) is 0 Å². The molecule has 3 nitrogen and oxygen atoms in total. The fraction of sp³-hybridized carbons (Fsp3) is 0.667. The van der Waals surface area contributed by atoms with E-state index in [2.05, 4.69) is 49.9 Å². The third-order valence-corrected chi connectivity index (χ3v) is 4.77. The van der Waals surface area contributed by atoms with Crippen LogP contribution in [0.25, 0.3) is 0 Å². The van der Waals surface area contributed by atoms with Gasteiger partial charge in [-0.05, 0) is 63.6 Å². The van der Waals surface area contributed by atoms with E-state index in [0.717, 1.165) is 18.2 Å². The Kier molecular flexibility index (Phi) is 5.28. The van der Waals surface area contributed by atoms with E-state index in [1.807, 2.05) is 12.1 Å². The molecular formula is C18H31N3. The Morgan fingerprint density at radius 1 is 1.19 bits per heavy atom. The first-order valence-electron chi connectivity index (χ1n) is 8.10. The summed E-state index contributed by atoms with van der Waals surface area (Å²) in [5.41, 5.74) is 8.16. The van der Waals surface area contributed by atoms with Crippen molar-refractivity contribution in [1.29, 1.82) is 0 Å². The van der Waals surface area contributed by atoms with Gasteiger partial charge in [0.25, 0.3) is 0 Å². The van der Waals surface area contributed by atoms with Crippen LogP contribution in [0.5, 0.6) is 0 Å². The van der Waals surface area contributed by atoms with Crippen molar-refractivity contribution >= 4 is 5.69 Å². The van der Waals surface area contributed by atoms with Crippen molar-refractivity contribution in [2.75, 3.05) is 46.0 Å². The van der Waals surface area contributed by atoms with Gasteiger partial charge in [-0.2, -0.15) is 0 Å². The second kappa shape index (κ2) is 6.80. The quantitative estimate of drug-likeness (QED) is 0.846. The molecule has 0 spiro atoms. The first-order chi connectivity index (χ1) is 9.87. The Morgan fingerprint density at radius 3 is 2.33 bits per heavy atom. The van der Waals surface area contributed by atoms with Gasteiger partial charge in [-0.25, -0.2) is 0 Å². The smallest absolute Gasteiger partial charge is 0.0314 e. The summed E-state index contributed by atoms with van der Waals surface area (Å²) in [7, 11) is 4.49. The van der Waals surface area contributed by atoms with Crippen LogP contribution in [0.4, 0.5) is 5.69 Å². The maximum absolute atomic E-state index is 5.79. The van der Waals surface area contributed by atoms with Gasteiger partial charge in [-0.1, -0.05) is 26.0 Å². The number of likely N-dealkylation sites (N-methyl/N-ethyl adjacent to an activating group) is 1. The predicted molar refractivity (Wildman–Crippen MR) is 91.6 cm³/mol. The van der Waals surface area contributed by atoms with E-state index in [1.165, 1.54) is 38.0 Å². The molecule has 1 heterocycles. The molecule has 0 aromatic heterocycles. The summed E-state index contributed by atoms with van der Waals surface area (Å²) in [5, 5.41) is 0. The van der Waals surface area contributed by atoms with Crippen molar-refractivity contribution in [2.45, 2.75) is 32.1 Å². The maximum atomic E-state index is 5.79. The van der Waals surface area contributed by atoms with Crippen LogP contribution in [0.3, 0.4) is 0 Å². The minimum atomic E-state index is 0.161. The van der Waals surface area contributed by atoms with Crippen LogP contribution < -0.4 is 5.73 Å². The second-order valence-corrected chi connectivity index (χ2v) is 7.45. The van der Waals surface area contributed by atoms with E-state index in [1.54, 1.807) is 0 Å². The van der Waals surface area contributed by atoms with Crippen LogP contribution in [-0.4, -0.2) is 50.1 Å². The number of anilines is 1. The van der Waals surface area contributed by atoms with Crippen molar-refractivity contribution in [3.05, 3.63) is 29.8 Å². The highest BCUT2D eigenvalue weighted by Gasteiger charge is 2.25. The van der Waals surface area contributed by atoms with Crippen LogP contribution in [0.1, 0.15) is 32.3 Å². The minimum Gasteiger partial charge on any atom is -0.399 e. The lowest BCUT2D eigenvalue weighted by molar-refractivity contribution is 0.163. The molecule has 1 saturated heterocycles. The third-order valence-electron chi connectivity index (χ3n) is 4.77. The number of rotatable bonds is 5. The van der Waals surface area contributed by atoms with Gasteiger partial charge in [0, 0.05) is 24.2 Å². The van der Waals surface area contributed by atoms with Crippen LogP contribution in [0, 0.1) is 5.92 Å². The van der Waals surface area contributed by atoms with Gasteiger partial charge in [-0.15, -0.1) is 0 Å². The summed E-state index contributed by atoms with van der Waals surface area (Å²) in [6, 6.07) is 8.35.